The molecule has 7 heteroatoms. The molecular formula is C20H23Cl2N3O2. The van der Waals surface area contributed by atoms with Crippen molar-refractivity contribution in [3.05, 3.63) is 63.6 Å². The van der Waals surface area contributed by atoms with Crippen LogP contribution in [0, 0.1) is 6.92 Å². The number of carbonyl (C=O) groups is 2. The van der Waals surface area contributed by atoms with E-state index in [0.29, 0.717) is 10.0 Å². The molecule has 27 heavy (non-hydrogen) atoms. The second kappa shape index (κ2) is 9.74. The van der Waals surface area contributed by atoms with Crippen molar-refractivity contribution in [2.75, 3.05) is 25.5 Å². The molecule has 144 valence electrons. The van der Waals surface area contributed by atoms with Gasteiger partial charge in [-0.2, -0.15) is 0 Å². The fourth-order valence-electron chi connectivity index (χ4n) is 2.60. The third-order valence-corrected chi connectivity index (χ3v) is 4.53. The lowest BCUT2D eigenvalue weighted by atomic mass is 10.1. The molecule has 0 heterocycles. The van der Waals surface area contributed by atoms with E-state index in [2.05, 4.69) is 10.6 Å². The predicted molar refractivity (Wildman–Crippen MR) is 110 cm³/mol. The Balaban J connectivity index is 1.82. The topological polar surface area (TPSA) is 61.4 Å². The highest BCUT2D eigenvalue weighted by atomic mass is 35.5. The molecular weight excluding hydrogens is 385 g/mol. The highest BCUT2D eigenvalue weighted by Gasteiger charge is 2.15. The molecule has 0 fully saturated rings. The van der Waals surface area contributed by atoms with Crippen molar-refractivity contribution in [1.82, 2.24) is 10.2 Å². The first-order valence-electron chi connectivity index (χ1n) is 8.54. The van der Waals surface area contributed by atoms with Crippen LogP contribution in [0.4, 0.5) is 5.69 Å². The molecule has 0 aliphatic heterocycles. The molecule has 5 nitrogen and oxygen atoms in total. The van der Waals surface area contributed by atoms with Gasteiger partial charge in [0.05, 0.1) is 19.1 Å². The highest BCUT2D eigenvalue weighted by molar-refractivity contribution is 6.35. The minimum atomic E-state index is -0.267. The Labute approximate surface area is 169 Å². The van der Waals surface area contributed by atoms with E-state index in [1.165, 1.54) is 0 Å². The summed E-state index contributed by atoms with van der Waals surface area (Å²) in [5.74, 6) is -0.373. The molecule has 2 aromatic carbocycles. The van der Waals surface area contributed by atoms with Gasteiger partial charge in [-0.1, -0.05) is 47.0 Å². The molecule has 2 amide bonds. The van der Waals surface area contributed by atoms with Gasteiger partial charge in [0.25, 0.3) is 0 Å². The SMILES string of the molecule is Cc1ccc(NC(=O)CN(C)CC(=O)NC(C)c2ccc(Cl)cc2Cl)cc1. The molecule has 2 aromatic rings. The summed E-state index contributed by atoms with van der Waals surface area (Å²) in [6.07, 6.45) is 0. The van der Waals surface area contributed by atoms with Gasteiger partial charge in [-0.25, -0.2) is 0 Å². The third kappa shape index (κ3) is 6.86. The number of amides is 2. The number of benzene rings is 2. The molecule has 1 unspecified atom stereocenters. The second-order valence-electron chi connectivity index (χ2n) is 6.54. The molecule has 0 aliphatic rings. The quantitative estimate of drug-likeness (QED) is 0.727. The molecule has 2 N–H and O–H groups in total. The van der Waals surface area contributed by atoms with Gasteiger partial charge in [0.15, 0.2) is 0 Å². The lowest BCUT2D eigenvalue weighted by Gasteiger charge is -2.19. The van der Waals surface area contributed by atoms with Crippen LogP contribution in [0.1, 0.15) is 24.1 Å². The zero-order chi connectivity index (χ0) is 20.0. The van der Waals surface area contributed by atoms with Gasteiger partial charge in [0.1, 0.15) is 0 Å². The number of anilines is 1. The summed E-state index contributed by atoms with van der Waals surface area (Å²) in [6.45, 7) is 4.03. The number of hydrogen-bond donors (Lipinski definition) is 2. The van der Waals surface area contributed by atoms with Crippen molar-refractivity contribution >= 4 is 40.7 Å². The van der Waals surface area contributed by atoms with Crippen LogP contribution in [0.15, 0.2) is 42.5 Å². The van der Waals surface area contributed by atoms with Crippen LogP contribution in [-0.2, 0) is 9.59 Å². The van der Waals surface area contributed by atoms with E-state index in [4.69, 9.17) is 23.2 Å². The fourth-order valence-corrected chi connectivity index (χ4v) is 3.17. The number of aryl methyl sites for hydroxylation is 1. The average Bonchev–Trinajstić information content (AvgIpc) is 2.56. The van der Waals surface area contributed by atoms with E-state index in [-0.39, 0.29) is 30.9 Å². The lowest BCUT2D eigenvalue weighted by Crippen LogP contribution is -2.39. The van der Waals surface area contributed by atoms with Gasteiger partial charge in [-0.05, 0) is 50.7 Å². The average molecular weight is 408 g/mol. The zero-order valence-electron chi connectivity index (χ0n) is 15.6. The molecule has 0 saturated carbocycles. The van der Waals surface area contributed by atoms with Crippen LogP contribution < -0.4 is 10.6 Å². The van der Waals surface area contributed by atoms with Crippen LogP contribution in [0.2, 0.25) is 10.0 Å². The Bertz CT molecular complexity index is 809. The molecule has 0 spiro atoms. The summed E-state index contributed by atoms with van der Waals surface area (Å²) in [6, 6.07) is 12.4. The fraction of sp³-hybridized carbons (Fsp3) is 0.300. The van der Waals surface area contributed by atoms with Crippen molar-refractivity contribution < 1.29 is 9.59 Å². The van der Waals surface area contributed by atoms with Gasteiger partial charge in [-0.15, -0.1) is 0 Å². The summed E-state index contributed by atoms with van der Waals surface area (Å²) in [5, 5.41) is 6.73. The minimum absolute atomic E-state index is 0.0941. The van der Waals surface area contributed by atoms with Gasteiger partial charge < -0.3 is 10.6 Å². The molecule has 0 bridgehead atoms. The van der Waals surface area contributed by atoms with Crippen LogP contribution in [0.5, 0.6) is 0 Å². The van der Waals surface area contributed by atoms with Gasteiger partial charge in [0, 0.05) is 15.7 Å². The van der Waals surface area contributed by atoms with Crippen LogP contribution in [0.3, 0.4) is 0 Å². The molecule has 0 saturated heterocycles. The standard InChI is InChI=1S/C20H23Cl2N3O2/c1-13-4-7-16(8-5-13)24-20(27)12-25(3)11-19(26)23-14(2)17-9-6-15(21)10-18(17)22/h4-10,14H,11-12H2,1-3H3,(H,23,26)(H,24,27). The van der Waals surface area contributed by atoms with Crippen molar-refractivity contribution in [1.29, 1.82) is 0 Å². The number of rotatable bonds is 7. The Morgan fingerprint density at radius 2 is 1.67 bits per heavy atom. The van der Waals surface area contributed by atoms with E-state index in [1.54, 1.807) is 30.1 Å². The maximum atomic E-state index is 12.2. The first-order valence-corrected chi connectivity index (χ1v) is 9.29. The maximum absolute atomic E-state index is 12.2. The van der Waals surface area contributed by atoms with Crippen molar-refractivity contribution in [2.45, 2.75) is 19.9 Å². The monoisotopic (exact) mass is 407 g/mol. The summed E-state index contributed by atoms with van der Waals surface area (Å²) in [4.78, 5) is 26.0. The van der Waals surface area contributed by atoms with Gasteiger partial charge >= 0.3 is 0 Å². The summed E-state index contributed by atoms with van der Waals surface area (Å²) >= 11 is 12.1. The van der Waals surface area contributed by atoms with Crippen LogP contribution in [-0.4, -0.2) is 36.9 Å². The number of carbonyl (C=O) groups excluding carboxylic acids is 2. The predicted octanol–water partition coefficient (Wildman–Crippen LogP) is 4.05. The highest BCUT2D eigenvalue weighted by Crippen LogP contribution is 2.26. The number of nitrogens with one attached hydrogen (secondary N) is 2. The molecule has 0 radical (unpaired) electrons. The van der Waals surface area contributed by atoms with E-state index in [1.807, 2.05) is 38.1 Å². The van der Waals surface area contributed by atoms with Crippen LogP contribution >= 0.6 is 23.2 Å². The Hall–Kier alpha value is -2.08. The van der Waals surface area contributed by atoms with E-state index in [0.717, 1.165) is 16.8 Å². The van der Waals surface area contributed by atoms with E-state index >= 15 is 0 Å². The first-order chi connectivity index (χ1) is 12.7. The van der Waals surface area contributed by atoms with E-state index in [9.17, 15) is 9.59 Å². The normalized spacial score (nSPS) is 11.9. The first kappa shape index (κ1) is 21.2. The molecule has 2 rings (SSSR count). The summed E-state index contributed by atoms with van der Waals surface area (Å²) in [5.41, 5.74) is 2.64. The smallest absolute Gasteiger partial charge is 0.238 e. The Morgan fingerprint density at radius 1 is 1.04 bits per heavy atom. The van der Waals surface area contributed by atoms with Crippen molar-refractivity contribution in [3.8, 4) is 0 Å². The number of likely N-dealkylation sites (N-methyl/N-ethyl adjacent to an activating group) is 1. The summed E-state index contributed by atoms with van der Waals surface area (Å²) in [7, 11) is 1.72. The largest absolute Gasteiger partial charge is 0.348 e. The number of hydrogen-bond acceptors (Lipinski definition) is 3. The minimum Gasteiger partial charge on any atom is -0.348 e. The van der Waals surface area contributed by atoms with Crippen LogP contribution in [0.25, 0.3) is 0 Å². The lowest BCUT2D eigenvalue weighted by molar-refractivity contribution is -0.123. The Morgan fingerprint density at radius 3 is 2.30 bits per heavy atom. The van der Waals surface area contributed by atoms with E-state index < -0.39 is 0 Å². The van der Waals surface area contributed by atoms with Crippen molar-refractivity contribution in [3.63, 3.8) is 0 Å². The Kier molecular flexibility index (Phi) is 7.66. The maximum Gasteiger partial charge on any atom is 0.238 e. The third-order valence-electron chi connectivity index (χ3n) is 3.97. The summed E-state index contributed by atoms with van der Waals surface area (Å²) < 4.78 is 0. The zero-order valence-corrected chi connectivity index (χ0v) is 17.1. The second-order valence-corrected chi connectivity index (χ2v) is 7.39. The van der Waals surface area contributed by atoms with Crippen molar-refractivity contribution in [2.24, 2.45) is 0 Å². The molecule has 1 atom stereocenters. The molecule has 0 aliphatic carbocycles. The number of halogens is 2. The number of nitrogens with zero attached hydrogens (tertiary/aromatic N) is 1. The molecule has 0 aromatic heterocycles. The van der Waals surface area contributed by atoms with Gasteiger partial charge in [-0.3, -0.25) is 14.5 Å². The van der Waals surface area contributed by atoms with Gasteiger partial charge in [0.2, 0.25) is 11.8 Å².